The highest BCUT2D eigenvalue weighted by molar-refractivity contribution is 7.99. The lowest BCUT2D eigenvalue weighted by Crippen LogP contribution is -2.02. The summed E-state index contributed by atoms with van der Waals surface area (Å²) < 4.78 is 18.5. The average molecular weight is 257 g/mol. The molecule has 0 aliphatic carbocycles. The maximum atomic E-state index is 13.0. The van der Waals surface area contributed by atoms with Gasteiger partial charge >= 0.3 is 0 Å². The molecule has 0 saturated carbocycles. The Kier molecular flexibility index (Phi) is 6.37. The van der Waals surface area contributed by atoms with Crippen molar-refractivity contribution in [2.24, 2.45) is 5.92 Å². The molecular weight excluding hydrogens is 237 g/mol. The number of nitrogen functional groups attached to an aromatic ring is 1. The van der Waals surface area contributed by atoms with Crippen molar-refractivity contribution in [1.29, 1.82) is 0 Å². The minimum Gasteiger partial charge on any atom is -0.399 e. The zero-order chi connectivity index (χ0) is 12.7. The van der Waals surface area contributed by atoms with Crippen LogP contribution >= 0.6 is 11.8 Å². The summed E-state index contributed by atoms with van der Waals surface area (Å²) in [4.78, 5) is 0.856. The Labute approximate surface area is 107 Å². The molecule has 0 aliphatic rings. The van der Waals surface area contributed by atoms with E-state index < -0.39 is 0 Å². The first-order chi connectivity index (χ1) is 8.08. The summed E-state index contributed by atoms with van der Waals surface area (Å²) in [7, 11) is 0. The highest BCUT2D eigenvalue weighted by Gasteiger charge is 2.00. The number of ether oxygens (including phenoxy) is 1. The van der Waals surface area contributed by atoms with Crippen molar-refractivity contribution >= 4 is 17.4 Å². The molecule has 17 heavy (non-hydrogen) atoms. The quantitative estimate of drug-likeness (QED) is 0.461. The van der Waals surface area contributed by atoms with Crippen LogP contribution in [0.2, 0.25) is 0 Å². The molecule has 0 spiro atoms. The van der Waals surface area contributed by atoms with Gasteiger partial charge in [-0.1, -0.05) is 13.8 Å². The predicted molar refractivity (Wildman–Crippen MR) is 71.8 cm³/mol. The lowest BCUT2D eigenvalue weighted by molar-refractivity contribution is 0.138. The molecular formula is C13H20FNOS. The zero-order valence-corrected chi connectivity index (χ0v) is 11.2. The molecule has 1 aromatic carbocycles. The molecule has 0 unspecified atom stereocenters. The van der Waals surface area contributed by atoms with E-state index in [1.54, 1.807) is 17.8 Å². The Hall–Kier alpha value is -0.740. The van der Waals surface area contributed by atoms with Gasteiger partial charge in [0.1, 0.15) is 5.82 Å². The van der Waals surface area contributed by atoms with E-state index in [4.69, 9.17) is 10.5 Å². The number of benzene rings is 1. The molecule has 2 nitrogen and oxygen atoms in total. The molecule has 96 valence electrons. The second-order valence-corrected chi connectivity index (χ2v) is 5.53. The molecule has 0 radical (unpaired) electrons. The van der Waals surface area contributed by atoms with Crippen LogP contribution in [-0.4, -0.2) is 19.0 Å². The summed E-state index contributed by atoms with van der Waals surface area (Å²) in [6, 6.07) is 4.60. The third kappa shape index (κ3) is 6.54. The molecule has 0 fully saturated rings. The second-order valence-electron chi connectivity index (χ2n) is 4.36. The van der Waals surface area contributed by atoms with Crippen LogP contribution < -0.4 is 5.73 Å². The first-order valence-corrected chi connectivity index (χ1v) is 6.83. The van der Waals surface area contributed by atoms with Gasteiger partial charge in [0.25, 0.3) is 0 Å². The summed E-state index contributed by atoms with van der Waals surface area (Å²) in [6.45, 7) is 5.83. The van der Waals surface area contributed by atoms with E-state index >= 15 is 0 Å². The number of halogens is 1. The van der Waals surface area contributed by atoms with Crippen molar-refractivity contribution in [2.75, 3.05) is 24.7 Å². The Balaban J connectivity index is 2.18. The Morgan fingerprint density at radius 3 is 2.71 bits per heavy atom. The smallest absolute Gasteiger partial charge is 0.126 e. The Morgan fingerprint density at radius 2 is 2.06 bits per heavy atom. The maximum Gasteiger partial charge on any atom is 0.126 e. The fourth-order valence-corrected chi connectivity index (χ4v) is 2.16. The Bertz CT molecular complexity index is 324. The van der Waals surface area contributed by atoms with Crippen LogP contribution in [0, 0.1) is 11.7 Å². The van der Waals surface area contributed by atoms with Crippen LogP contribution in [0.4, 0.5) is 10.1 Å². The number of nitrogens with two attached hydrogens (primary N) is 1. The topological polar surface area (TPSA) is 35.2 Å². The van der Waals surface area contributed by atoms with E-state index in [1.807, 2.05) is 0 Å². The minimum absolute atomic E-state index is 0.284. The number of hydrogen-bond donors (Lipinski definition) is 1. The normalized spacial score (nSPS) is 11.1. The molecule has 0 aliphatic heterocycles. The number of thioether (sulfide) groups is 1. The van der Waals surface area contributed by atoms with Crippen LogP contribution in [0.15, 0.2) is 23.1 Å². The summed E-state index contributed by atoms with van der Waals surface area (Å²) in [6.07, 6.45) is 1.08. The van der Waals surface area contributed by atoms with Crippen molar-refractivity contribution in [3.8, 4) is 0 Å². The fraction of sp³-hybridized carbons (Fsp3) is 0.538. The molecule has 1 aromatic rings. The van der Waals surface area contributed by atoms with Gasteiger partial charge in [-0.25, -0.2) is 4.39 Å². The monoisotopic (exact) mass is 257 g/mol. The van der Waals surface area contributed by atoms with E-state index in [1.165, 1.54) is 12.1 Å². The van der Waals surface area contributed by atoms with Gasteiger partial charge in [-0.15, -0.1) is 11.8 Å². The summed E-state index contributed by atoms with van der Waals surface area (Å²) in [5, 5.41) is 0. The standard InChI is InChI=1S/C13H20FNOS/c1-10(2)3-4-16-5-6-17-13-8-11(14)7-12(15)9-13/h7-10H,3-6,15H2,1-2H3. The van der Waals surface area contributed by atoms with E-state index in [0.29, 0.717) is 18.2 Å². The number of rotatable bonds is 7. The van der Waals surface area contributed by atoms with Crippen molar-refractivity contribution < 1.29 is 9.13 Å². The van der Waals surface area contributed by atoms with Gasteiger partial charge in [-0.05, 0) is 30.5 Å². The van der Waals surface area contributed by atoms with E-state index in [-0.39, 0.29) is 5.82 Å². The average Bonchev–Trinajstić information content (AvgIpc) is 2.21. The lowest BCUT2D eigenvalue weighted by Gasteiger charge is -2.06. The SMILES string of the molecule is CC(C)CCOCCSc1cc(N)cc(F)c1. The van der Waals surface area contributed by atoms with Crippen molar-refractivity contribution in [3.63, 3.8) is 0 Å². The van der Waals surface area contributed by atoms with Crippen LogP contribution in [0.25, 0.3) is 0 Å². The van der Waals surface area contributed by atoms with Gasteiger partial charge in [-0.2, -0.15) is 0 Å². The highest BCUT2D eigenvalue weighted by atomic mass is 32.2. The molecule has 0 bridgehead atoms. The number of hydrogen-bond acceptors (Lipinski definition) is 3. The molecule has 4 heteroatoms. The molecule has 0 heterocycles. The zero-order valence-electron chi connectivity index (χ0n) is 10.4. The molecule has 0 amide bonds. The molecule has 1 rings (SSSR count). The molecule has 0 atom stereocenters. The fourth-order valence-electron chi connectivity index (χ4n) is 1.31. The third-order valence-corrected chi connectivity index (χ3v) is 3.17. The first-order valence-electron chi connectivity index (χ1n) is 5.84. The largest absolute Gasteiger partial charge is 0.399 e. The third-order valence-electron chi connectivity index (χ3n) is 2.23. The summed E-state index contributed by atoms with van der Waals surface area (Å²) >= 11 is 1.56. The van der Waals surface area contributed by atoms with Crippen LogP contribution in [0.3, 0.4) is 0 Å². The van der Waals surface area contributed by atoms with E-state index in [9.17, 15) is 4.39 Å². The highest BCUT2D eigenvalue weighted by Crippen LogP contribution is 2.21. The van der Waals surface area contributed by atoms with Crippen LogP contribution in [-0.2, 0) is 4.74 Å². The maximum absolute atomic E-state index is 13.0. The van der Waals surface area contributed by atoms with E-state index in [2.05, 4.69) is 13.8 Å². The Morgan fingerprint density at radius 1 is 1.29 bits per heavy atom. The van der Waals surface area contributed by atoms with Crippen LogP contribution in [0.1, 0.15) is 20.3 Å². The summed E-state index contributed by atoms with van der Waals surface area (Å²) in [5.41, 5.74) is 6.03. The van der Waals surface area contributed by atoms with Crippen molar-refractivity contribution in [2.45, 2.75) is 25.2 Å². The lowest BCUT2D eigenvalue weighted by atomic mass is 10.1. The van der Waals surface area contributed by atoms with E-state index in [0.717, 1.165) is 23.7 Å². The van der Waals surface area contributed by atoms with Gasteiger partial charge in [0.15, 0.2) is 0 Å². The summed E-state index contributed by atoms with van der Waals surface area (Å²) in [5.74, 6) is 1.21. The van der Waals surface area contributed by atoms with Crippen molar-refractivity contribution in [1.82, 2.24) is 0 Å². The molecule has 0 saturated heterocycles. The van der Waals surface area contributed by atoms with Gasteiger partial charge in [-0.3, -0.25) is 0 Å². The van der Waals surface area contributed by atoms with Gasteiger partial charge in [0, 0.05) is 22.9 Å². The second kappa shape index (κ2) is 7.56. The molecule has 2 N–H and O–H groups in total. The van der Waals surface area contributed by atoms with Gasteiger partial charge < -0.3 is 10.5 Å². The minimum atomic E-state index is -0.284. The predicted octanol–water partition coefficient (Wildman–Crippen LogP) is 3.56. The number of anilines is 1. The first kappa shape index (κ1) is 14.3. The molecule has 0 aromatic heterocycles. The van der Waals surface area contributed by atoms with Gasteiger partial charge in [0.05, 0.1) is 6.61 Å². The van der Waals surface area contributed by atoms with Crippen molar-refractivity contribution in [3.05, 3.63) is 24.0 Å². The van der Waals surface area contributed by atoms with Gasteiger partial charge in [0.2, 0.25) is 0 Å². The van der Waals surface area contributed by atoms with Crippen LogP contribution in [0.5, 0.6) is 0 Å².